The lowest BCUT2D eigenvalue weighted by Crippen LogP contribution is -2.21. The van der Waals surface area contributed by atoms with Gasteiger partial charge in [0.25, 0.3) is 0 Å². The standard InChI is InChI=1S/C17H17N3O/c21-17(15-4-1-7-18-11-15)12-19-10-13-5-6-14-3-2-8-20-16(14)9-13/h1-9,11,17,19,21H,10,12H2. The summed E-state index contributed by atoms with van der Waals surface area (Å²) in [5.74, 6) is 0. The van der Waals surface area contributed by atoms with Gasteiger partial charge >= 0.3 is 0 Å². The summed E-state index contributed by atoms with van der Waals surface area (Å²) in [6, 6.07) is 13.9. The molecule has 0 amide bonds. The Morgan fingerprint density at radius 2 is 2.00 bits per heavy atom. The maximum absolute atomic E-state index is 10.1. The number of nitrogens with zero attached hydrogens (tertiary/aromatic N) is 2. The summed E-state index contributed by atoms with van der Waals surface area (Å²) < 4.78 is 0. The number of nitrogens with one attached hydrogen (secondary N) is 1. The van der Waals surface area contributed by atoms with Gasteiger partial charge in [0.1, 0.15) is 0 Å². The van der Waals surface area contributed by atoms with E-state index >= 15 is 0 Å². The molecule has 0 aliphatic heterocycles. The van der Waals surface area contributed by atoms with Gasteiger partial charge in [0, 0.05) is 42.6 Å². The molecule has 0 bridgehead atoms. The molecule has 1 unspecified atom stereocenters. The SMILES string of the molecule is OC(CNCc1ccc2cccnc2c1)c1cccnc1. The molecule has 0 saturated carbocycles. The summed E-state index contributed by atoms with van der Waals surface area (Å²) in [5, 5.41) is 14.5. The first-order chi connectivity index (χ1) is 10.3. The highest BCUT2D eigenvalue weighted by atomic mass is 16.3. The lowest BCUT2D eigenvalue weighted by atomic mass is 10.1. The van der Waals surface area contributed by atoms with Crippen LogP contribution < -0.4 is 5.32 Å². The summed E-state index contributed by atoms with van der Waals surface area (Å²) in [5.41, 5.74) is 2.97. The molecule has 2 heterocycles. The second-order valence-corrected chi connectivity index (χ2v) is 4.96. The lowest BCUT2D eigenvalue weighted by molar-refractivity contribution is 0.174. The molecule has 0 aliphatic rings. The third-order valence-corrected chi connectivity index (χ3v) is 3.41. The van der Waals surface area contributed by atoms with Crippen LogP contribution in [0.25, 0.3) is 10.9 Å². The lowest BCUT2D eigenvalue weighted by Gasteiger charge is -2.12. The van der Waals surface area contributed by atoms with E-state index in [0.29, 0.717) is 13.1 Å². The number of benzene rings is 1. The van der Waals surface area contributed by atoms with Crippen molar-refractivity contribution in [3.05, 3.63) is 72.2 Å². The van der Waals surface area contributed by atoms with Gasteiger partial charge in [-0.1, -0.05) is 24.3 Å². The first-order valence-corrected chi connectivity index (χ1v) is 6.95. The number of pyridine rings is 2. The van der Waals surface area contributed by atoms with E-state index in [-0.39, 0.29) is 0 Å². The minimum absolute atomic E-state index is 0.492. The first-order valence-electron chi connectivity index (χ1n) is 6.95. The summed E-state index contributed by atoms with van der Waals surface area (Å²) in [6.45, 7) is 1.19. The van der Waals surface area contributed by atoms with Gasteiger partial charge in [-0.15, -0.1) is 0 Å². The average Bonchev–Trinajstić information content (AvgIpc) is 2.55. The van der Waals surface area contributed by atoms with Gasteiger partial charge in [0.15, 0.2) is 0 Å². The van der Waals surface area contributed by atoms with Gasteiger partial charge in [-0.05, 0) is 23.8 Å². The zero-order valence-corrected chi connectivity index (χ0v) is 11.6. The monoisotopic (exact) mass is 279 g/mol. The maximum Gasteiger partial charge on any atom is 0.0929 e. The van der Waals surface area contributed by atoms with Crippen LogP contribution in [0.1, 0.15) is 17.2 Å². The van der Waals surface area contributed by atoms with Crippen molar-refractivity contribution in [3.63, 3.8) is 0 Å². The quantitative estimate of drug-likeness (QED) is 0.753. The molecule has 1 aromatic carbocycles. The van der Waals surface area contributed by atoms with Crippen LogP contribution in [0.4, 0.5) is 0 Å². The van der Waals surface area contributed by atoms with Gasteiger partial charge in [-0.2, -0.15) is 0 Å². The Balaban J connectivity index is 1.59. The molecular weight excluding hydrogens is 262 g/mol. The molecule has 3 rings (SSSR count). The molecule has 21 heavy (non-hydrogen) atoms. The molecule has 2 aromatic heterocycles. The summed E-state index contributed by atoms with van der Waals surface area (Å²) >= 11 is 0. The molecule has 0 radical (unpaired) electrons. The van der Waals surface area contributed by atoms with Crippen LogP contribution >= 0.6 is 0 Å². The summed E-state index contributed by atoms with van der Waals surface area (Å²) in [4.78, 5) is 8.36. The molecule has 0 saturated heterocycles. The fraction of sp³-hybridized carbons (Fsp3) is 0.176. The highest BCUT2D eigenvalue weighted by Crippen LogP contribution is 2.14. The highest BCUT2D eigenvalue weighted by Gasteiger charge is 2.06. The number of aliphatic hydroxyl groups is 1. The van der Waals surface area contributed by atoms with E-state index in [2.05, 4.69) is 33.5 Å². The van der Waals surface area contributed by atoms with E-state index in [0.717, 1.165) is 22.0 Å². The van der Waals surface area contributed by atoms with Crippen molar-refractivity contribution in [2.75, 3.05) is 6.54 Å². The Labute approximate surface area is 123 Å². The Hall–Kier alpha value is -2.30. The Kier molecular flexibility index (Phi) is 4.19. The maximum atomic E-state index is 10.1. The van der Waals surface area contributed by atoms with E-state index < -0.39 is 6.10 Å². The predicted molar refractivity (Wildman–Crippen MR) is 82.6 cm³/mol. The number of aliphatic hydroxyl groups excluding tert-OH is 1. The number of aromatic nitrogens is 2. The van der Waals surface area contributed by atoms with E-state index in [4.69, 9.17) is 0 Å². The summed E-state index contributed by atoms with van der Waals surface area (Å²) in [7, 11) is 0. The van der Waals surface area contributed by atoms with Crippen molar-refractivity contribution in [2.24, 2.45) is 0 Å². The van der Waals surface area contributed by atoms with E-state index in [1.165, 1.54) is 0 Å². The summed E-state index contributed by atoms with van der Waals surface area (Å²) in [6.07, 6.45) is 4.64. The normalized spacial score (nSPS) is 12.4. The fourth-order valence-corrected chi connectivity index (χ4v) is 2.27. The third kappa shape index (κ3) is 3.42. The number of fused-ring (bicyclic) bond motifs is 1. The second-order valence-electron chi connectivity index (χ2n) is 4.96. The third-order valence-electron chi connectivity index (χ3n) is 3.41. The van der Waals surface area contributed by atoms with Gasteiger partial charge in [-0.3, -0.25) is 9.97 Å². The molecule has 3 aromatic rings. The first kappa shape index (κ1) is 13.7. The van der Waals surface area contributed by atoms with Crippen LogP contribution in [-0.2, 0) is 6.54 Å². The smallest absolute Gasteiger partial charge is 0.0929 e. The van der Waals surface area contributed by atoms with Crippen LogP contribution in [0.2, 0.25) is 0 Å². The average molecular weight is 279 g/mol. The van der Waals surface area contributed by atoms with Gasteiger partial charge in [0.2, 0.25) is 0 Å². The minimum atomic E-state index is -0.544. The number of hydrogen-bond donors (Lipinski definition) is 2. The molecule has 4 heteroatoms. The van der Waals surface area contributed by atoms with Gasteiger partial charge < -0.3 is 10.4 Å². The minimum Gasteiger partial charge on any atom is -0.387 e. The molecular formula is C17H17N3O. The van der Waals surface area contributed by atoms with Crippen molar-refractivity contribution >= 4 is 10.9 Å². The van der Waals surface area contributed by atoms with Crippen molar-refractivity contribution in [3.8, 4) is 0 Å². The Morgan fingerprint density at radius 1 is 1.10 bits per heavy atom. The second kappa shape index (κ2) is 6.43. The molecule has 4 nitrogen and oxygen atoms in total. The molecule has 2 N–H and O–H groups in total. The van der Waals surface area contributed by atoms with Crippen molar-refractivity contribution in [2.45, 2.75) is 12.6 Å². The van der Waals surface area contributed by atoms with E-state index in [1.807, 2.05) is 24.3 Å². The topological polar surface area (TPSA) is 58.0 Å². The Bertz CT molecular complexity index is 715. The van der Waals surface area contributed by atoms with E-state index in [1.54, 1.807) is 18.6 Å². The molecule has 106 valence electrons. The number of hydrogen-bond acceptors (Lipinski definition) is 4. The van der Waals surface area contributed by atoms with Crippen molar-refractivity contribution < 1.29 is 5.11 Å². The van der Waals surface area contributed by atoms with Crippen molar-refractivity contribution in [1.29, 1.82) is 0 Å². The number of rotatable bonds is 5. The zero-order valence-electron chi connectivity index (χ0n) is 11.6. The zero-order chi connectivity index (χ0) is 14.5. The largest absolute Gasteiger partial charge is 0.387 e. The van der Waals surface area contributed by atoms with Crippen LogP contribution in [0, 0.1) is 0 Å². The molecule has 0 spiro atoms. The molecule has 1 atom stereocenters. The molecule has 0 aliphatic carbocycles. The highest BCUT2D eigenvalue weighted by molar-refractivity contribution is 5.78. The van der Waals surface area contributed by atoms with Crippen LogP contribution in [0.15, 0.2) is 61.1 Å². The van der Waals surface area contributed by atoms with Crippen molar-refractivity contribution in [1.82, 2.24) is 15.3 Å². The van der Waals surface area contributed by atoms with Crippen LogP contribution in [0.5, 0.6) is 0 Å². The van der Waals surface area contributed by atoms with Crippen LogP contribution in [-0.4, -0.2) is 21.6 Å². The van der Waals surface area contributed by atoms with Gasteiger partial charge in [-0.25, -0.2) is 0 Å². The Morgan fingerprint density at radius 3 is 2.86 bits per heavy atom. The van der Waals surface area contributed by atoms with Crippen LogP contribution in [0.3, 0.4) is 0 Å². The fourth-order valence-electron chi connectivity index (χ4n) is 2.27. The van der Waals surface area contributed by atoms with Gasteiger partial charge in [0.05, 0.1) is 11.6 Å². The predicted octanol–water partition coefficient (Wildman–Crippen LogP) is 2.45. The van der Waals surface area contributed by atoms with E-state index in [9.17, 15) is 5.11 Å². The molecule has 0 fully saturated rings.